The Labute approximate surface area is 142 Å². The number of rotatable bonds is 5. The number of amides is 2. The van der Waals surface area contributed by atoms with Gasteiger partial charge in [-0.15, -0.1) is 0 Å². The fourth-order valence-electron chi connectivity index (χ4n) is 2.29. The minimum Gasteiger partial charge on any atom is -0.370 e. The number of benzene rings is 1. The predicted octanol–water partition coefficient (Wildman–Crippen LogP) is 0.319. The smallest absolute Gasteiger partial charge is 0.254 e. The fourth-order valence-corrected chi connectivity index (χ4v) is 2.29. The van der Waals surface area contributed by atoms with Crippen LogP contribution >= 0.6 is 0 Å². The number of hydrogen-bond donors (Lipinski definition) is 3. The lowest BCUT2D eigenvalue weighted by Gasteiger charge is -2.26. The molecule has 0 atom stereocenters. The number of hydrogen-bond acceptors (Lipinski definition) is 3. The van der Waals surface area contributed by atoms with Crippen molar-refractivity contribution in [1.29, 1.82) is 0 Å². The first-order valence-corrected chi connectivity index (χ1v) is 8.14. The molecule has 2 amide bonds. The van der Waals surface area contributed by atoms with E-state index >= 15 is 0 Å². The van der Waals surface area contributed by atoms with E-state index in [4.69, 9.17) is 5.73 Å². The quantitative estimate of drug-likeness (QED) is 0.534. The molecule has 1 aromatic rings. The van der Waals surface area contributed by atoms with E-state index in [1.165, 1.54) is 0 Å². The summed E-state index contributed by atoms with van der Waals surface area (Å²) in [4.78, 5) is 29.6. The molecule has 0 saturated carbocycles. The van der Waals surface area contributed by atoms with E-state index in [2.05, 4.69) is 29.5 Å². The summed E-state index contributed by atoms with van der Waals surface area (Å²) in [6.07, 6.45) is 0. The van der Waals surface area contributed by atoms with Crippen LogP contribution in [0.5, 0.6) is 0 Å². The predicted molar refractivity (Wildman–Crippen MR) is 93.5 cm³/mol. The van der Waals surface area contributed by atoms with Crippen LogP contribution in [-0.4, -0.2) is 48.9 Å². The van der Waals surface area contributed by atoms with Crippen LogP contribution in [0.1, 0.15) is 29.8 Å². The van der Waals surface area contributed by atoms with E-state index in [0.717, 1.165) is 12.1 Å². The fraction of sp³-hybridized carbons (Fsp3) is 0.471. The van der Waals surface area contributed by atoms with Crippen molar-refractivity contribution >= 4 is 17.8 Å². The van der Waals surface area contributed by atoms with Gasteiger partial charge in [0.15, 0.2) is 5.96 Å². The molecule has 7 heteroatoms. The second-order valence-electron chi connectivity index (χ2n) is 6.25. The Bertz CT molecular complexity index is 610. The third kappa shape index (κ3) is 5.26. The van der Waals surface area contributed by atoms with Crippen LogP contribution in [-0.2, 0) is 11.3 Å². The largest absolute Gasteiger partial charge is 0.370 e. The number of nitrogens with one attached hydrogen (secondary N) is 2. The second-order valence-corrected chi connectivity index (χ2v) is 6.25. The van der Waals surface area contributed by atoms with Gasteiger partial charge in [-0.2, -0.15) is 0 Å². The molecule has 1 fully saturated rings. The van der Waals surface area contributed by atoms with Crippen LogP contribution < -0.4 is 16.4 Å². The average molecular weight is 331 g/mol. The molecule has 1 aliphatic rings. The lowest BCUT2D eigenvalue weighted by atomic mass is 10.1. The highest BCUT2D eigenvalue weighted by Gasteiger charge is 2.21. The van der Waals surface area contributed by atoms with E-state index in [9.17, 15) is 9.59 Å². The average Bonchev–Trinajstić information content (AvgIpc) is 2.58. The first-order valence-electron chi connectivity index (χ1n) is 8.14. The maximum atomic E-state index is 12.4. The topological polar surface area (TPSA) is 99.8 Å². The third-order valence-electron chi connectivity index (χ3n) is 3.65. The number of carbonyl (C=O) groups is 2. The van der Waals surface area contributed by atoms with Gasteiger partial charge in [0.1, 0.15) is 0 Å². The molecule has 1 aromatic carbocycles. The number of nitrogens with zero attached hydrogens (tertiary/aromatic N) is 2. The highest BCUT2D eigenvalue weighted by molar-refractivity contribution is 5.97. The van der Waals surface area contributed by atoms with Gasteiger partial charge in [-0.25, -0.2) is 4.99 Å². The third-order valence-corrected chi connectivity index (χ3v) is 3.65. The molecular weight excluding hydrogens is 306 g/mol. The Morgan fingerprint density at radius 3 is 2.71 bits per heavy atom. The number of carbonyl (C=O) groups excluding carboxylic acids is 2. The lowest BCUT2D eigenvalue weighted by molar-refractivity contribution is -0.123. The highest BCUT2D eigenvalue weighted by atomic mass is 16.2. The minimum absolute atomic E-state index is 0.114. The van der Waals surface area contributed by atoms with Crippen LogP contribution in [0.15, 0.2) is 29.3 Å². The van der Waals surface area contributed by atoms with Crippen molar-refractivity contribution in [2.75, 3.05) is 26.2 Å². The van der Waals surface area contributed by atoms with Crippen LogP contribution in [0.2, 0.25) is 0 Å². The van der Waals surface area contributed by atoms with Crippen LogP contribution in [0, 0.1) is 5.92 Å². The van der Waals surface area contributed by atoms with Gasteiger partial charge >= 0.3 is 0 Å². The van der Waals surface area contributed by atoms with E-state index in [-0.39, 0.29) is 18.4 Å². The normalized spacial score (nSPS) is 15.4. The zero-order chi connectivity index (χ0) is 17.5. The summed E-state index contributed by atoms with van der Waals surface area (Å²) < 4.78 is 0. The Morgan fingerprint density at radius 2 is 2.08 bits per heavy atom. The first kappa shape index (κ1) is 17.8. The van der Waals surface area contributed by atoms with Gasteiger partial charge in [-0.1, -0.05) is 26.0 Å². The summed E-state index contributed by atoms with van der Waals surface area (Å²) in [5.74, 6) is 0.673. The molecular formula is C17H25N5O2. The van der Waals surface area contributed by atoms with Gasteiger partial charge in [0.2, 0.25) is 5.91 Å². The number of piperazine rings is 1. The van der Waals surface area contributed by atoms with E-state index < -0.39 is 0 Å². The molecule has 0 bridgehead atoms. The molecule has 0 radical (unpaired) electrons. The SMILES string of the molecule is CC(C)CNC(N)=NCc1ccc(C(=O)N2CCNC(=O)C2)cc1. The Kier molecular flexibility index (Phi) is 6.17. The first-order chi connectivity index (χ1) is 11.5. The molecule has 1 aliphatic heterocycles. The summed E-state index contributed by atoms with van der Waals surface area (Å²) in [5.41, 5.74) is 7.34. The maximum absolute atomic E-state index is 12.4. The summed E-state index contributed by atoms with van der Waals surface area (Å²) in [5, 5.41) is 5.76. The molecule has 1 saturated heterocycles. The standard InChI is InChI=1S/C17H25N5O2/c1-12(2)9-20-17(18)21-10-13-3-5-14(6-4-13)16(24)22-8-7-19-15(23)11-22/h3-6,12H,7-11H2,1-2H3,(H,19,23)(H3,18,20,21). The van der Waals surface area contributed by atoms with E-state index in [0.29, 0.717) is 37.1 Å². The molecule has 2 rings (SSSR count). The highest BCUT2D eigenvalue weighted by Crippen LogP contribution is 2.09. The zero-order valence-corrected chi connectivity index (χ0v) is 14.2. The number of nitrogens with two attached hydrogens (primary N) is 1. The summed E-state index contributed by atoms with van der Waals surface area (Å²) in [6, 6.07) is 7.24. The van der Waals surface area contributed by atoms with Crippen molar-refractivity contribution in [2.24, 2.45) is 16.6 Å². The van der Waals surface area contributed by atoms with Gasteiger partial charge in [-0.05, 0) is 23.6 Å². The van der Waals surface area contributed by atoms with Crippen LogP contribution in [0.25, 0.3) is 0 Å². The van der Waals surface area contributed by atoms with Crippen molar-refractivity contribution in [2.45, 2.75) is 20.4 Å². The number of aliphatic imine (C=N–C) groups is 1. The second kappa shape index (κ2) is 8.33. The maximum Gasteiger partial charge on any atom is 0.254 e. The van der Waals surface area contributed by atoms with Crippen molar-refractivity contribution in [3.8, 4) is 0 Å². The van der Waals surface area contributed by atoms with Crippen molar-refractivity contribution < 1.29 is 9.59 Å². The zero-order valence-electron chi connectivity index (χ0n) is 14.2. The number of guanidine groups is 1. The Morgan fingerprint density at radius 1 is 1.38 bits per heavy atom. The minimum atomic E-state index is -0.127. The summed E-state index contributed by atoms with van der Waals surface area (Å²) in [7, 11) is 0. The van der Waals surface area contributed by atoms with Crippen molar-refractivity contribution in [3.05, 3.63) is 35.4 Å². The molecule has 0 spiro atoms. The summed E-state index contributed by atoms with van der Waals surface area (Å²) >= 11 is 0. The van der Waals surface area contributed by atoms with E-state index in [1.807, 2.05) is 12.1 Å². The Balaban J connectivity index is 1.91. The monoisotopic (exact) mass is 331 g/mol. The van der Waals surface area contributed by atoms with Crippen LogP contribution in [0.4, 0.5) is 0 Å². The molecule has 0 unspecified atom stereocenters. The van der Waals surface area contributed by atoms with Gasteiger partial charge < -0.3 is 21.3 Å². The van der Waals surface area contributed by atoms with E-state index in [1.54, 1.807) is 17.0 Å². The molecule has 130 valence electrons. The molecule has 7 nitrogen and oxygen atoms in total. The van der Waals surface area contributed by atoms with Gasteiger partial charge in [0.05, 0.1) is 13.1 Å². The molecule has 1 heterocycles. The molecule has 4 N–H and O–H groups in total. The molecule has 0 aliphatic carbocycles. The van der Waals surface area contributed by atoms with Gasteiger partial charge in [-0.3, -0.25) is 9.59 Å². The molecule has 24 heavy (non-hydrogen) atoms. The molecule has 0 aromatic heterocycles. The van der Waals surface area contributed by atoms with Crippen LogP contribution in [0.3, 0.4) is 0 Å². The van der Waals surface area contributed by atoms with Gasteiger partial charge in [0.25, 0.3) is 5.91 Å². The van der Waals surface area contributed by atoms with Crippen molar-refractivity contribution in [3.63, 3.8) is 0 Å². The Hall–Kier alpha value is -2.57. The summed E-state index contributed by atoms with van der Waals surface area (Å²) in [6.45, 7) is 6.59. The van der Waals surface area contributed by atoms with Gasteiger partial charge in [0, 0.05) is 25.2 Å². The lowest BCUT2D eigenvalue weighted by Crippen LogP contribution is -2.49. The van der Waals surface area contributed by atoms with Crippen molar-refractivity contribution in [1.82, 2.24) is 15.5 Å².